The Balaban J connectivity index is 1.72. The van der Waals surface area contributed by atoms with Crippen molar-refractivity contribution in [2.45, 2.75) is 32.4 Å². The quantitative estimate of drug-likeness (QED) is 0.835. The van der Waals surface area contributed by atoms with E-state index in [0.29, 0.717) is 11.8 Å². The summed E-state index contributed by atoms with van der Waals surface area (Å²) >= 11 is 0. The first-order valence-corrected chi connectivity index (χ1v) is 6.65. The Hall–Kier alpha value is -1.87. The number of hydrogen-bond donors (Lipinski definition) is 2. The van der Waals surface area contributed by atoms with Gasteiger partial charge in [0, 0.05) is 18.8 Å². The van der Waals surface area contributed by atoms with Gasteiger partial charge in [0.05, 0.1) is 5.69 Å². The van der Waals surface area contributed by atoms with Crippen LogP contribution in [0.1, 0.15) is 24.6 Å². The maximum Gasteiger partial charge on any atom is 0.115 e. The van der Waals surface area contributed by atoms with Crippen LogP contribution in [-0.4, -0.2) is 16.1 Å². The third kappa shape index (κ3) is 4.72. The second-order valence-corrected chi connectivity index (χ2v) is 4.81. The van der Waals surface area contributed by atoms with Crippen molar-refractivity contribution in [1.29, 1.82) is 0 Å². The minimum atomic E-state index is 0.324. The van der Waals surface area contributed by atoms with Crippen molar-refractivity contribution in [3.63, 3.8) is 0 Å². The summed E-state index contributed by atoms with van der Waals surface area (Å²) in [5, 5.41) is 12.7. The molecule has 2 rings (SSSR count). The van der Waals surface area contributed by atoms with E-state index in [4.69, 9.17) is 0 Å². The van der Waals surface area contributed by atoms with Gasteiger partial charge in [-0.05, 0) is 49.6 Å². The van der Waals surface area contributed by atoms with E-state index in [9.17, 15) is 5.11 Å². The highest BCUT2D eigenvalue weighted by Gasteiger charge is 2.03. The van der Waals surface area contributed by atoms with Gasteiger partial charge in [-0.2, -0.15) is 0 Å². The molecule has 1 aromatic heterocycles. The summed E-state index contributed by atoms with van der Waals surface area (Å²) in [6.45, 7) is 2.99. The Kier molecular flexibility index (Phi) is 4.93. The number of nitrogens with one attached hydrogen (secondary N) is 1. The Labute approximate surface area is 114 Å². The van der Waals surface area contributed by atoms with E-state index in [0.717, 1.165) is 25.1 Å². The molecule has 0 radical (unpaired) electrons. The van der Waals surface area contributed by atoms with Crippen LogP contribution in [0.25, 0.3) is 0 Å². The maximum atomic E-state index is 9.23. The molecular formula is C16H20N2O. The zero-order valence-electron chi connectivity index (χ0n) is 11.2. The number of aryl methyl sites for hydroxylation is 1. The number of nitrogens with zero attached hydrogens (tertiary/aromatic N) is 1. The van der Waals surface area contributed by atoms with E-state index in [1.165, 1.54) is 5.56 Å². The molecule has 0 fully saturated rings. The van der Waals surface area contributed by atoms with Gasteiger partial charge in [0.25, 0.3) is 0 Å². The summed E-state index contributed by atoms with van der Waals surface area (Å²) in [7, 11) is 0. The standard InChI is InChI=1S/C16H20N2O/c1-13(18-12-15-4-2-3-11-17-15)5-6-14-7-9-16(19)10-8-14/h2-4,7-11,13,18-19H,5-6,12H2,1H3/t13-/m1/s1. The molecular weight excluding hydrogens is 236 g/mol. The first kappa shape index (κ1) is 13.6. The lowest BCUT2D eigenvalue weighted by Crippen LogP contribution is -2.26. The predicted molar refractivity (Wildman–Crippen MR) is 77.0 cm³/mol. The average molecular weight is 256 g/mol. The lowest BCUT2D eigenvalue weighted by molar-refractivity contribution is 0.474. The van der Waals surface area contributed by atoms with Crippen molar-refractivity contribution in [1.82, 2.24) is 10.3 Å². The van der Waals surface area contributed by atoms with Gasteiger partial charge in [-0.3, -0.25) is 4.98 Å². The van der Waals surface area contributed by atoms with Crippen LogP contribution in [0.5, 0.6) is 5.75 Å². The van der Waals surface area contributed by atoms with Crippen molar-refractivity contribution in [2.24, 2.45) is 0 Å². The fourth-order valence-electron chi connectivity index (χ4n) is 1.93. The second-order valence-electron chi connectivity index (χ2n) is 4.81. The summed E-state index contributed by atoms with van der Waals surface area (Å²) in [6, 6.07) is 13.8. The van der Waals surface area contributed by atoms with Crippen LogP contribution in [0.3, 0.4) is 0 Å². The molecule has 0 amide bonds. The lowest BCUT2D eigenvalue weighted by atomic mass is 10.1. The molecule has 3 heteroatoms. The molecule has 0 spiro atoms. The average Bonchev–Trinajstić information content (AvgIpc) is 2.45. The van der Waals surface area contributed by atoms with E-state index in [1.54, 1.807) is 12.1 Å². The van der Waals surface area contributed by atoms with Crippen LogP contribution in [0.2, 0.25) is 0 Å². The Bertz CT molecular complexity index is 482. The molecule has 1 atom stereocenters. The Morgan fingerprint density at radius 2 is 1.95 bits per heavy atom. The van der Waals surface area contributed by atoms with Crippen LogP contribution in [0.4, 0.5) is 0 Å². The highest BCUT2D eigenvalue weighted by molar-refractivity contribution is 5.25. The van der Waals surface area contributed by atoms with Gasteiger partial charge in [0.15, 0.2) is 0 Å². The van der Waals surface area contributed by atoms with Crippen LogP contribution in [0.15, 0.2) is 48.7 Å². The number of phenols is 1. The number of pyridine rings is 1. The molecule has 0 aliphatic heterocycles. The zero-order chi connectivity index (χ0) is 13.5. The van der Waals surface area contributed by atoms with E-state index < -0.39 is 0 Å². The molecule has 2 N–H and O–H groups in total. The second kappa shape index (κ2) is 6.90. The molecule has 100 valence electrons. The van der Waals surface area contributed by atoms with Crippen molar-refractivity contribution in [3.05, 3.63) is 59.9 Å². The SMILES string of the molecule is C[C@H](CCc1ccc(O)cc1)NCc1ccccn1. The molecule has 0 unspecified atom stereocenters. The van der Waals surface area contributed by atoms with Gasteiger partial charge in [0.1, 0.15) is 5.75 Å². The number of phenolic OH excluding ortho intramolecular Hbond substituents is 1. The van der Waals surface area contributed by atoms with Gasteiger partial charge < -0.3 is 10.4 Å². The summed E-state index contributed by atoms with van der Waals surface area (Å²) < 4.78 is 0. The van der Waals surface area contributed by atoms with Crippen molar-refractivity contribution >= 4 is 0 Å². The van der Waals surface area contributed by atoms with Gasteiger partial charge >= 0.3 is 0 Å². The first-order chi connectivity index (χ1) is 9.24. The molecule has 1 heterocycles. The van der Waals surface area contributed by atoms with Crippen LogP contribution in [0, 0.1) is 0 Å². The number of aromatic nitrogens is 1. The van der Waals surface area contributed by atoms with Gasteiger partial charge in [-0.1, -0.05) is 18.2 Å². The summed E-state index contributed by atoms with van der Waals surface area (Å²) in [6.07, 6.45) is 3.90. The number of aromatic hydroxyl groups is 1. The molecule has 2 aromatic rings. The fourth-order valence-corrected chi connectivity index (χ4v) is 1.93. The van der Waals surface area contributed by atoms with Crippen molar-refractivity contribution in [3.8, 4) is 5.75 Å². The molecule has 1 aromatic carbocycles. The monoisotopic (exact) mass is 256 g/mol. The Morgan fingerprint density at radius 3 is 2.63 bits per heavy atom. The van der Waals surface area contributed by atoms with E-state index >= 15 is 0 Å². The molecule has 19 heavy (non-hydrogen) atoms. The molecule has 0 aliphatic carbocycles. The van der Waals surface area contributed by atoms with Crippen LogP contribution >= 0.6 is 0 Å². The highest BCUT2D eigenvalue weighted by Crippen LogP contribution is 2.12. The van der Waals surface area contributed by atoms with Crippen molar-refractivity contribution in [2.75, 3.05) is 0 Å². The maximum absolute atomic E-state index is 9.23. The molecule has 0 saturated carbocycles. The smallest absolute Gasteiger partial charge is 0.115 e. The van der Waals surface area contributed by atoms with Crippen molar-refractivity contribution < 1.29 is 5.11 Å². The third-order valence-corrected chi connectivity index (χ3v) is 3.16. The third-order valence-electron chi connectivity index (χ3n) is 3.16. The summed E-state index contributed by atoms with van der Waals surface area (Å²) in [5.41, 5.74) is 2.32. The van der Waals surface area contributed by atoms with Gasteiger partial charge in [0.2, 0.25) is 0 Å². The van der Waals surface area contributed by atoms with Crippen LogP contribution < -0.4 is 5.32 Å². The highest BCUT2D eigenvalue weighted by atomic mass is 16.3. The van der Waals surface area contributed by atoms with Gasteiger partial charge in [-0.25, -0.2) is 0 Å². The molecule has 0 bridgehead atoms. The van der Waals surface area contributed by atoms with Gasteiger partial charge in [-0.15, -0.1) is 0 Å². The fraction of sp³-hybridized carbons (Fsp3) is 0.312. The normalized spacial score (nSPS) is 12.3. The number of benzene rings is 1. The minimum Gasteiger partial charge on any atom is -0.508 e. The predicted octanol–water partition coefficient (Wildman–Crippen LogP) is 2.90. The van der Waals surface area contributed by atoms with E-state index in [1.807, 2.05) is 36.5 Å². The number of hydrogen-bond acceptors (Lipinski definition) is 3. The zero-order valence-corrected chi connectivity index (χ0v) is 11.2. The number of rotatable bonds is 6. The summed E-state index contributed by atoms with van der Waals surface area (Å²) in [5.74, 6) is 0.324. The van der Waals surface area contributed by atoms with Crippen LogP contribution in [-0.2, 0) is 13.0 Å². The lowest BCUT2D eigenvalue weighted by Gasteiger charge is -2.13. The molecule has 3 nitrogen and oxygen atoms in total. The Morgan fingerprint density at radius 1 is 1.16 bits per heavy atom. The minimum absolute atomic E-state index is 0.324. The largest absolute Gasteiger partial charge is 0.508 e. The van der Waals surface area contributed by atoms with E-state index in [2.05, 4.69) is 17.2 Å². The van der Waals surface area contributed by atoms with E-state index in [-0.39, 0.29) is 0 Å². The topological polar surface area (TPSA) is 45.1 Å². The first-order valence-electron chi connectivity index (χ1n) is 6.65. The molecule has 0 saturated heterocycles. The molecule has 0 aliphatic rings. The summed E-state index contributed by atoms with van der Waals surface area (Å²) in [4.78, 5) is 4.29.